The normalized spacial score (nSPS) is 12.8. The molecule has 1 aliphatic rings. The van der Waals surface area contributed by atoms with Gasteiger partial charge in [0.05, 0.1) is 17.2 Å². The van der Waals surface area contributed by atoms with Crippen molar-refractivity contribution in [1.82, 2.24) is 20.2 Å². The minimum Gasteiger partial charge on any atom is -0.322 e. The molecular formula is C24H18N6OS. The van der Waals surface area contributed by atoms with Crippen molar-refractivity contribution in [3.8, 4) is 17.5 Å². The standard InChI is InChI=1S/C24H18N6OS/c25-15-17-6-1-3-10-21(17)32-22-11-4-2-9-20(22)24(31)26-18-8-5-7-16(14-18)23-27-28-29-30(23)19-12-13-19/h1-11,14,19H,12-13H2,(H,26,31). The molecule has 8 heteroatoms. The SMILES string of the molecule is N#Cc1ccccc1Sc1ccccc1C(=O)Nc1cccc(-c2nnnn2C2CC2)c1. The highest BCUT2D eigenvalue weighted by Crippen LogP contribution is 2.37. The average Bonchev–Trinajstić information content (AvgIpc) is 3.56. The number of nitrogens with zero attached hydrogens (tertiary/aromatic N) is 5. The second kappa shape index (κ2) is 8.65. The molecule has 0 saturated heterocycles. The van der Waals surface area contributed by atoms with Crippen LogP contribution in [0.4, 0.5) is 5.69 Å². The number of benzene rings is 3. The van der Waals surface area contributed by atoms with Crippen LogP contribution < -0.4 is 5.32 Å². The molecule has 7 nitrogen and oxygen atoms in total. The van der Waals surface area contributed by atoms with E-state index in [1.807, 2.05) is 65.3 Å². The van der Waals surface area contributed by atoms with Crippen molar-refractivity contribution >= 4 is 23.4 Å². The summed E-state index contributed by atoms with van der Waals surface area (Å²) in [6, 6.07) is 24.8. The van der Waals surface area contributed by atoms with Crippen molar-refractivity contribution in [3.63, 3.8) is 0 Å². The molecule has 1 heterocycles. The van der Waals surface area contributed by atoms with E-state index in [-0.39, 0.29) is 5.91 Å². The zero-order chi connectivity index (χ0) is 21.9. The fraction of sp³-hybridized carbons (Fsp3) is 0.125. The minimum atomic E-state index is -0.221. The summed E-state index contributed by atoms with van der Waals surface area (Å²) in [5.74, 6) is 0.481. The monoisotopic (exact) mass is 438 g/mol. The Kier molecular flexibility index (Phi) is 5.40. The minimum absolute atomic E-state index is 0.221. The molecule has 0 radical (unpaired) electrons. The lowest BCUT2D eigenvalue weighted by molar-refractivity contribution is 0.102. The number of anilines is 1. The average molecular weight is 439 g/mol. The summed E-state index contributed by atoms with van der Waals surface area (Å²) >= 11 is 1.40. The Morgan fingerprint density at radius 3 is 2.62 bits per heavy atom. The topological polar surface area (TPSA) is 96.5 Å². The van der Waals surface area contributed by atoms with Crippen LogP contribution in [0.25, 0.3) is 11.4 Å². The van der Waals surface area contributed by atoms with Gasteiger partial charge in [0.1, 0.15) is 6.07 Å². The van der Waals surface area contributed by atoms with Crippen LogP contribution in [-0.4, -0.2) is 26.1 Å². The van der Waals surface area contributed by atoms with Crippen LogP contribution in [-0.2, 0) is 0 Å². The van der Waals surface area contributed by atoms with E-state index < -0.39 is 0 Å². The molecule has 0 bridgehead atoms. The highest BCUT2D eigenvalue weighted by molar-refractivity contribution is 7.99. The Morgan fingerprint density at radius 2 is 1.81 bits per heavy atom. The first kappa shape index (κ1) is 20.0. The summed E-state index contributed by atoms with van der Waals surface area (Å²) in [5, 5.41) is 24.4. The second-order valence-electron chi connectivity index (χ2n) is 7.42. The van der Waals surface area contributed by atoms with Gasteiger partial charge in [-0.05, 0) is 59.7 Å². The van der Waals surface area contributed by atoms with Gasteiger partial charge in [-0.15, -0.1) is 5.10 Å². The van der Waals surface area contributed by atoms with E-state index in [1.165, 1.54) is 11.8 Å². The van der Waals surface area contributed by atoms with Gasteiger partial charge in [-0.1, -0.05) is 48.2 Å². The van der Waals surface area contributed by atoms with Crippen molar-refractivity contribution in [1.29, 1.82) is 5.26 Å². The lowest BCUT2D eigenvalue weighted by Crippen LogP contribution is -2.13. The number of aromatic nitrogens is 4. The molecule has 0 aliphatic heterocycles. The molecule has 32 heavy (non-hydrogen) atoms. The maximum absolute atomic E-state index is 13.1. The largest absolute Gasteiger partial charge is 0.322 e. The van der Waals surface area contributed by atoms with Crippen molar-refractivity contribution in [2.75, 3.05) is 5.32 Å². The third-order valence-corrected chi connectivity index (χ3v) is 6.28. The summed E-state index contributed by atoms with van der Waals surface area (Å²) in [7, 11) is 0. The highest BCUT2D eigenvalue weighted by Gasteiger charge is 2.28. The lowest BCUT2D eigenvalue weighted by atomic mass is 10.1. The quantitative estimate of drug-likeness (QED) is 0.457. The van der Waals surface area contributed by atoms with E-state index in [1.54, 1.807) is 12.1 Å². The zero-order valence-corrected chi connectivity index (χ0v) is 17.8. The molecule has 3 aromatic carbocycles. The zero-order valence-electron chi connectivity index (χ0n) is 17.0. The molecule has 1 aliphatic carbocycles. The first-order valence-corrected chi connectivity index (χ1v) is 11.0. The molecule has 0 unspecified atom stereocenters. The molecule has 0 spiro atoms. The summed E-state index contributed by atoms with van der Waals surface area (Å²) in [5.41, 5.74) is 2.63. The predicted molar refractivity (Wildman–Crippen MR) is 121 cm³/mol. The molecule has 0 atom stereocenters. The van der Waals surface area contributed by atoms with Crippen LogP contribution in [0.5, 0.6) is 0 Å². The fourth-order valence-electron chi connectivity index (χ4n) is 3.39. The molecule has 1 fully saturated rings. The lowest BCUT2D eigenvalue weighted by Gasteiger charge is -2.11. The Morgan fingerprint density at radius 1 is 1.03 bits per heavy atom. The third-order valence-electron chi connectivity index (χ3n) is 5.12. The number of nitriles is 1. The summed E-state index contributed by atoms with van der Waals surface area (Å²) in [4.78, 5) is 14.7. The van der Waals surface area contributed by atoms with Crippen LogP contribution in [0.1, 0.15) is 34.8 Å². The summed E-state index contributed by atoms with van der Waals surface area (Å²) in [6.07, 6.45) is 2.16. The first-order valence-electron chi connectivity index (χ1n) is 10.2. The van der Waals surface area contributed by atoms with Gasteiger partial charge >= 0.3 is 0 Å². The van der Waals surface area contributed by atoms with Crippen LogP contribution in [0, 0.1) is 11.3 Å². The molecule has 1 amide bonds. The Labute approximate surface area is 189 Å². The van der Waals surface area contributed by atoms with E-state index in [0.29, 0.717) is 28.7 Å². The van der Waals surface area contributed by atoms with Gasteiger partial charge in [0.2, 0.25) is 0 Å². The van der Waals surface area contributed by atoms with Crippen molar-refractivity contribution in [3.05, 3.63) is 83.9 Å². The van der Waals surface area contributed by atoms with E-state index in [4.69, 9.17) is 0 Å². The fourth-order valence-corrected chi connectivity index (χ4v) is 4.42. The third kappa shape index (κ3) is 4.11. The number of carbonyl (C=O) groups is 1. The summed E-state index contributed by atoms with van der Waals surface area (Å²) < 4.78 is 1.85. The number of amides is 1. The number of nitrogens with one attached hydrogen (secondary N) is 1. The van der Waals surface area contributed by atoms with Gasteiger partial charge in [0.25, 0.3) is 5.91 Å². The van der Waals surface area contributed by atoms with Gasteiger partial charge in [-0.3, -0.25) is 4.79 Å². The summed E-state index contributed by atoms with van der Waals surface area (Å²) in [6.45, 7) is 0. The number of carbonyl (C=O) groups excluding carboxylic acids is 1. The number of hydrogen-bond acceptors (Lipinski definition) is 6. The molecule has 1 aromatic heterocycles. The van der Waals surface area contributed by atoms with Gasteiger partial charge in [-0.2, -0.15) is 5.26 Å². The van der Waals surface area contributed by atoms with Crippen molar-refractivity contribution in [2.45, 2.75) is 28.7 Å². The van der Waals surface area contributed by atoms with E-state index >= 15 is 0 Å². The Bertz CT molecular complexity index is 1340. The van der Waals surface area contributed by atoms with Gasteiger partial charge in [0.15, 0.2) is 5.82 Å². The van der Waals surface area contributed by atoms with Gasteiger partial charge in [0, 0.05) is 21.0 Å². The van der Waals surface area contributed by atoms with Crippen molar-refractivity contribution in [2.24, 2.45) is 0 Å². The number of rotatable bonds is 6. The second-order valence-corrected chi connectivity index (χ2v) is 8.50. The number of tetrazole rings is 1. The van der Waals surface area contributed by atoms with Crippen LogP contribution in [0.3, 0.4) is 0 Å². The molecular weight excluding hydrogens is 420 g/mol. The van der Waals surface area contributed by atoms with Gasteiger partial charge < -0.3 is 5.32 Å². The van der Waals surface area contributed by atoms with Crippen LogP contribution in [0.2, 0.25) is 0 Å². The molecule has 5 rings (SSSR count). The molecule has 1 N–H and O–H groups in total. The smallest absolute Gasteiger partial charge is 0.256 e. The van der Waals surface area contributed by atoms with Crippen LogP contribution >= 0.6 is 11.8 Å². The molecule has 156 valence electrons. The predicted octanol–water partition coefficient (Wildman–Crippen LogP) is 4.95. The van der Waals surface area contributed by atoms with Gasteiger partial charge in [-0.25, -0.2) is 4.68 Å². The Balaban J connectivity index is 1.39. The maximum atomic E-state index is 13.1. The van der Waals surface area contributed by atoms with Crippen molar-refractivity contribution < 1.29 is 4.79 Å². The molecule has 1 saturated carbocycles. The first-order chi connectivity index (χ1) is 15.7. The van der Waals surface area contributed by atoms with E-state index in [0.717, 1.165) is 28.2 Å². The number of hydrogen-bond donors (Lipinski definition) is 1. The molecule has 4 aromatic rings. The maximum Gasteiger partial charge on any atom is 0.256 e. The highest BCUT2D eigenvalue weighted by atomic mass is 32.2. The Hall–Kier alpha value is -3.96. The van der Waals surface area contributed by atoms with E-state index in [2.05, 4.69) is 26.9 Å². The van der Waals surface area contributed by atoms with E-state index in [9.17, 15) is 10.1 Å². The van der Waals surface area contributed by atoms with Crippen LogP contribution in [0.15, 0.2) is 82.6 Å².